The molecule has 108 valence electrons. The van der Waals surface area contributed by atoms with Crippen LogP contribution in [0.5, 0.6) is 0 Å². The molecule has 2 aromatic carbocycles. The van der Waals surface area contributed by atoms with Gasteiger partial charge >= 0.3 is 0 Å². The third kappa shape index (κ3) is 2.88. The van der Waals surface area contributed by atoms with Gasteiger partial charge in [0, 0.05) is 23.1 Å². The second kappa shape index (κ2) is 5.64. The normalized spacial score (nSPS) is 14.0. The minimum atomic E-state index is 0.141. The lowest BCUT2D eigenvalue weighted by molar-refractivity contribution is 0.0734. The number of hydrogen-bond acceptors (Lipinski definition) is 1. The standard InChI is InChI=1S/C18H18BrNO/c1-12-3-4-13(2)17(9-12)18(21)20-8-7-14-5-6-16(19)10-15(14)11-20/h3-6,9-10H,7-8,11H2,1-2H3. The number of carbonyl (C=O) groups is 1. The maximum Gasteiger partial charge on any atom is 0.254 e. The molecule has 2 nitrogen and oxygen atoms in total. The summed E-state index contributed by atoms with van der Waals surface area (Å²) in [6, 6.07) is 12.4. The number of amides is 1. The van der Waals surface area contributed by atoms with Crippen LogP contribution in [0.15, 0.2) is 40.9 Å². The van der Waals surface area contributed by atoms with Crippen molar-refractivity contribution in [3.63, 3.8) is 0 Å². The van der Waals surface area contributed by atoms with Gasteiger partial charge in [-0.2, -0.15) is 0 Å². The molecule has 0 unspecified atom stereocenters. The van der Waals surface area contributed by atoms with Crippen molar-refractivity contribution in [3.8, 4) is 0 Å². The van der Waals surface area contributed by atoms with Gasteiger partial charge in [0.25, 0.3) is 5.91 Å². The first-order valence-corrected chi connectivity index (χ1v) is 7.98. The van der Waals surface area contributed by atoms with E-state index < -0.39 is 0 Å². The minimum absolute atomic E-state index is 0.141. The molecule has 0 fully saturated rings. The summed E-state index contributed by atoms with van der Waals surface area (Å²) in [5.74, 6) is 0.141. The summed E-state index contributed by atoms with van der Waals surface area (Å²) in [5.41, 5.74) is 5.60. The van der Waals surface area contributed by atoms with Gasteiger partial charge in [0.05, 0.1) is 0 Å². The molecule has 0 spiro atoms. The second-order valence-electron chi connectivity index (χ2n) is 5.71. The fourth-order valence-electron chi connectivity index (χ4n) is 2.84. The molecule has 2 aromatic rings. The fraction of sp³-hybridized carbons (Fsp3) is 0.278. The molecule has 0 saturated carbocycles. The van der Waals surface area contributed by atoms with Crippen LogP contribution < -0.4 is 0 Å². The van der Waals surface area contributed by atoms with Crippen LogP contribution >= 0.6 is 15.9 Å². The van der Waals surface area contributed by atoms with E-state index in [0.29, 0.717) is 6.54 Å². The Bertz CT molecular complexity index is 708. The third-order valence-electron chi connectivity index (χ3n) is 4.09. The van der Waals surface area contributed by atoms with Crippen molar-refractivity contribution in [1.82, 2.24) is 4.90 Å². The van der Waals surface area contributed by atoms with E-state index in [9.17, 15) is 4.79 Å². The first-order chi connectivity index (χ1) is 10.0. The summed E-state index contributed by atoms with van der Waals surface area (Å²) in [6.45, 7) is 5.52. The minimum Gasteiger partial charge on any atom is -0.334 e. The number of nitrogens with zero attached hydrogens (tertiary/aromatic N) is 1. The summed E-state index contributed by atoms with van der Waals surface area (Å²) in [5, 5.41) is 0. The molecule has 0 atom stereocenters. The van der Waals surface area contributed by atoms with Crippen LogP contribution in [0.2, 0.25) is 0 Å². The van der Waals surface area contributed by atoms with Gasteiger partial charge in [-0.05, 0) is 55.2 Å². The van der Waals surface area contributed by atoms with Gasteiger partial charge in [-0.25, -0.2) is 0 Å². The molecule has 21 heavy (non-hydrogen) atoms. The highest BCUT2D eigenvalue weighted by atomic mass is 79.9. The Hall–Kier alpha value is -1.61. The van der Waals surface area contributed by atoms with Crippen LogP contribution in [0.4, 0.5) is 0 Å². The zero-order valence-corrected chi connectivity index (χ0v) is 13.9. The Morgan fingerprint density at radius 2 is 1.90 bits per heavy atom. The fourth-order valence-corrected chi connectivity index (χ4v) is 3.24. The Labute approximate surface area is 133 Å². The summed E-state index contributed by atoms with van der Waals surface area (Å²) in [7, 11) is 0. The van der Waals surface area contributed by atoms with E-state index >= 15 is 0 Å². The summed E-state index contributed by atoms with van der Waals surface area (Å²) in [4.78, 5) is 14.7. The first-order valence-electron chi connectivity index (χ1n) is 7.18. The Balaban J connectivity index is 1.88. The molecule has 1 amide bonds. The van der Waals surface area contributed by atoms with Gasteiger partial charge in [0.15, 0.2) is 0 Å². The van der Waals surface area contributed by atoms with E-state index in [4.69, 9.17) is 0 Å². The van der Waals surface area contributed by atoms with E-state index in [2.05, 4.69) is 40.2 Å². The number of aryl methyl sites for hydroxylation is 2. The van der Waals surface area contributed by atoms with Crippen molar-refractivity contribution >= 4 is 21.8 Å². The van der Waals surface area contributed by atoms with Gasteiger partial charge in [-0.3, -0.25) is 4.79 Å². The van der Waals surface area contributed by atoms with Gasteiger partial charge < -0.3 is 4.90 Å². The maximum atomic E-state index is 12.8. The van der Waals surface area contributed by atoms with E-state index in [1.54, 1.807) is 0 Å². The third-order valence-corrected chi connectivity index (χ3v) is 4.58. The molecule has 1 aliphatic heterocycles. The van der Waals surface area contributed by atoms with Crippen molar-refractivity contribution in [2.75, 3.05) is 6.54 Å². The zero-order valence-electron chi connectivity index (χ0n) is 12.3. The number of fused-ring (bicyclic) bond motifs is 1. The Morgan fingerprint density at radius 3 is 2.71 bits per heavy atom. The van der Waals surface area contributed by atoms with Crippen molar-refractivity contribution in [2.45, 2.75) is 26.8 Å². The maximum absolute atomic E-state index is 12.8. The molecule has 0 aliphatic carbocycles. The molecule has 3 rings (SSSR count). The lowest BCUT2D eigenvalue weighted by atomic mass is 9.98. The lowest BCUT2D eigenvalue weighted by Crippen LogP contribution is -2.36. The summed E-state index contributed by atoms with van der Waals surface area (Å²) < 4.78 is 1.07. The van der Waals surface area contributed by atoms with Crippen LogP contribution in [-0.2, 0) is 13.0 Å². The van der Waals surface area contributed by atoms with Gasteiger partial charge in [-0.1, -0.05) is 39.7 Å². The quantitative estimate of drug-likeness (QED) is 0.757. The Morgan fingerprint density at radius 1 is 1.10 bits per heavy atom. The van der Waals surface area contributed by atoms with Crippen molar-refractivity contribution in [3.05, 3.63) is 68.7 Å². The molecule has 3 heteroatoms. The van der Waals surface area contributed by atoms with Gasteiger partial charge in [0.2, 0.25) is 0 Å². The van der Waals surface area contributed by atoms with E-state index in [-0.39, 0.29) is 5.91 Å². The molecule has 0 radical (unpaired) electrons. The molecule has 1 aliphatic rings. The average molecular weight is 344 g/mol. The highest BCUT2D eigenvalue weighted by Crippen LogP contribution is 2.24. The van der Waals surface area contributed by atoms with Gasteiger partial charge in [-0.15, -0.1) is 0 Å². The second-order valence-corrected chi connectivity index (χ2v) is 6.62. The molecular formula is C18H18BrNO. The largest absolute Gasteiger partial charge is 0.334 e. The van der Waals surface area contributed by atoms with Crippen molar-refractivity contribution in [1.29, 1.82) is 0 Å². The molecule has 0 saturated heterocycles. The SMILES string of the molecule is Cc1ccc(C)c(C(=O)N2CCc3ccc(Br)cc3C2)c1. The molecular weight excluding hydrogens is 326 g/mol. The van der Waals surface area contributed by atoms with E-state index in [1.807, 2.05) is 30.9 Å². The van der Waals surface area contributed by atoms with Crippen LogP contribution in [0.25, 0.3) is 0 Å². The first kappa shape index (κ1) is 14.3. The predicted octanol–water partition coefficient (Wildman–Crippen LogP) is 4.26. The zero-order chi connectivity index (χ0) is 15.0. The average Bonchev–Trinajstić information content (AvgIpc) is 2.48. The monoisotopic (exact) mass is 343 g/mol. The van der Waals surface area contributed by atoms with E-state index in [1.165, 1.54) is 11.1 Å². The number of halogens is 1. The van der Waals surface area contributed by atoms with Crippen LogP contribution in [0.1, 0.15) is 32.6 Å². The molecule has 0 aromatic heterocycles. The highest BCUT2D eigenvalue weighted by Gasteiger charge is 2.22. The number of rotatable bonds is 1. The topological polar surface area (TPSA) is 20.3 Å². The van der Waals surface area contributed by atoms with Crippen molar-refractivity contribution in [2.24, 2.45) is 0 Å². The molecule has 0 bridgehead atoms. The Kier molecular flexibility index (Phi) is 3.85. The van der Waals surface area contributed by atoms with Crippen LogP contribution in [0.3, 0.4) is 0 Å². The van der Waals surface area contributed by atoms with Crippen LogP contribution in [0, 0.1) is 13.8 Å². The molecule has 0 N–H and O–H groups in total. The number of benzene rings is 2. The summed E-state index contributed by atoms with van der Waals surface area (Å²) >= 11 is 3.51. The summed E-state index contributed by atoms with van der Waals surface area (Å²) in [6.07, 6.45) is 0.930. The number of carbonyl (C=O) groups excluding carboxylic acids is 1. The predicted molar refractivity (Wildman–Crippen MR) is 88.5 cm³/mol. The van der Waals surface area contributed by atoms with E-state index in [0.717, 1.165) is 34.1 Å². The lowest BCUT2D eigenvalue weighted by Gasteiger charge is -2.29. The van der Waals surface area contributed by atoms with Crippen LogP contribution in [-0.4, -0.2) is 17.4 Å². The smallest absolute Gasteiger partial charge is 0.254 e. The van der Waals surface area contributed by atoms with Gasteiger partial charge in [0.1, 0.15) is 0 Å². The van der Waals surface area contributed by atoms with Crippen molar-refractivity contribution < 1.29 is 4.79 Å². The molecule has 1 heterocycles. The number of hydrogen-bond donors (Lipinski definition) is 0. The highest BCUT2D eigenvalue weighted by molar-refractivity contribution is 9.10.